The molecule has 150 valence electrons. The van der Waals surface area contributed by atoms with Crippen molar-refractivity contribution in [3.8, 4) is 5.82 Å². The van der Waals surface area contributed by atoms with Crippen molar-refractivity contribution < 1.29 is 9.59 Å². The van der Waals surface area contributed by atoms with E-state index in [1.54, 1.807) is 41.1 Å². The summed E-state index contributed by atoms with van der Waals surface area (Å²) in [6.45, 7) is 0.0621. The van der Waals surface area contributed by atoms with Gasteiger partial charge >= 0.3 is 0 Å². The molecule has 2 amide bonds. The van der Waals surface area contributed by atoms with Crippen molar-refractivity contribution in [1.82, 2.24) is 9.55 Å². The van der Waals surface area contributed by atoms with E-state index in [0.717, 1.165) is 5.01 Å². The number of anilines is 2. The molecule has 0 aliphatic heterocycles. The Kier molecular flexibility index (Phi) is 6.56. The predicted octanol–water partition coefficient (Wildman–Crippen LogP) is 3.49. The number of carbonyl (C=O) groups is 2. The van der Waals surface area contributed by atoms with Crippen LogP contribution in [0.3, 0.4) is 0 Å². The van der Waals surface area contributed by atoms with E-state index in [1.807, 2.05) is 0 Å². The molecule has 0 aliphatic carbocycles. The van der Waals surface area contributed by atoms with E-state index in [1.165, 1.54) is 6.07 Å². The molecule has 0 atom stereocenters. The van der Waals surface area contributed by atoms with Gasteiger partial charge in [-0.1, -0.05) is 23.2 Å². The van der Waals surface area contributed by atoms with Crippen molar-refractivity contribution >= 4 is 62.8 Å². The standard InChI is InChI=1S/C18H15BrCl2N6O2/c19-15-4-3-13(27(15)17-12(21)2-1-5-24-17)18(29)25-16-10(8-22)6-11(20)7-14(16)26(23)9-28/h1-7,9H,8,22-23H2,(H,25,29). The summed E-state index contributed by atoms with van der Waals surface area (Å²) in [6, 6.07) is 9.68. The van der Waals surface area contributed by atoms with Crippen LogP contribution >= 0.6 is 39.1 Å². The van der Waals surface area contributed by atoms with E-state index in [2.05, 4.69) is 26.2 Å². The Balaban J connectivity index is 2.07. The van der Waals surface area contributed by atoms with Crippen LogP contribution in [0, 0.1) is 0 Å². The fraction of sp³-hybridized carbons (Fsp3) is 0.0556. The van der Waals surface area contributed by atoms with Crippen molar-refractivity contribution in [2.75, 3.05) is 10.3 Å². The van der Waals surface area contributed by atoms with E-state index in [-0.39, 0.29) is 23.6 Å². The molecule has 3 aromatic rings. The van der Waals surface area contributed by atoms with Crippen LogP contribution in [0.15, 0.2) is 47.2 Å². The van der Waals surface area contributed by atoms with Crippen LogP contribution in [0.4, 0.5) is 11.4 Å². The Morgan fingerprint density at radius 2 is 2.07 bits per heavy atom. The van der Waals surface area contributed by atoms with Gasteiger partial charge in [0.2, 0.25) is 6.41 Å². The molecule has 29 heavy (non-hydrogen) atoms. The molecule has 0 saturated carbocycles. The van der Waals surface area contributed by atoms with E-state index in [9.17, 15) is 9.59 Å². The number of hydrogen-bond acceptors (Lipinski definition) is 5. The Morgan fingerprint density at radius 1 is 1.31 bits per heavy atom. The fourth-order valence-electron chi connectivity index (χ4n) is 2.74. The molecule has 0 aliphatic rings. The molecular formula is C18H15BrCl2N6O2. The molecule has 0 saturated heterocycles. The second-order valence-electron chi connectivity index (χ2n) is 5.82. The topological polar surface area (TPSA) is 119 Å². The Hall–Kier alpha value is -2.43. The molecule has 0 unspecified atom stereocenters. The zero-order valence-electron chi connectivity index (χ0n) is 14.8. The molecule has 2 aromatic heterocycles. The molecule has 0 fully saturated rings. The highest BCUT2D eigenvalue weighted by atomic mass is 79.9. The number of nitrogens with one attached hydrogen (secondary N) is 1. The third-order valence-electron chi connectivity index (χ3n) is 4.03. The molecule has 5 N–H and O–H groups in total. The van der Waals surface area contributed by atoms with Crippen LogP contribution in [0.5, 0.6) is 0 Å². The monoisotopic (exact) mass is 496 g/mol. The Bertz CT molecular complexity index is 1090. The van der Waals surface area contributed by atoms with Gasteiger partial charge in [-0.15, -0.1) is 0 Å². The maximum absolute atomic E-state index is 13.1. The lowest BCUT2D eigenvalue weighted by atomic mass is 10.1. The molecule has 1 aromatic carbocycles. The number of hydrazine groups is 1. The Labute approximate surface area is 184 Å². The molecule has 3 rings (SSSR count). The van der Waals surface area contributed by atoms with Crippen molar-refractivity contribution in [2.45, 2.75) is 6.54 Å². The minimum Gasteiger partial charge on any atom is -0.326 e. The quantitative estimate of drug-likeness (QED) is 0.208. The van der Waals surface area contributed by atoms with Gasteiger partial charge in [-0.2, -0.15) is 0 Å². The maximum atomic E-state index is 13.1. The molecule has 8 nitrogen and oxygen atoms in total. The van der Waals surface area contributed by atoms with Gasteiger partial charge in [0, 0.05) is 17.8 Å². The van der Waals surface area contributed by atoms with Gasteiger partial charge < -0.3 is 11.1 Å². The zero-order chi connectivity index (χ0) is 21.1. The fourth-order valence-corrected chi connectivity index (χ4v) is 3.67. The number of nitrogens with two attached hydrogens (primary N) is 2. The van der Waals surface area contributed by atoms with Crippen LogP contribution in [0.1, 0.15) is 16.1 Å². The molecule has 2 heterocycles. The number of carbonyl (C=O) groups excluding carboxylic acids is 2. The first kappa shape index (κ1) is 21.3. The van der Waals surface area contributed by atoms with Crippen LogP contribution in [0.2, 0.25) is 10.0 Å². The zero-order valence-corrected chi connectivity index (χ0v) is 17.9. The molecule has 0 spiro atoms. The first-order valence-electron chi connectivity index (χ1n) is 8.18. The predicted molar refractivity (Wildman–Crippen MR) is 116 cm³/mol. The van der Waals surface area contributed by atoms with Gasteiger partial charge in [0.05, 0.1) is 21.0 Å². The van der Waals surface area contributed by atoms with Crippen LogP contribution < -0.4 is 21.9 Å². The summed E-state index contributed by atoms with van der Waals surface area (Å²) in [5.74, 6) is 5.61. The molecule has 0 bridgehead atoms. The smallest absolute Gasteiger partial charge is 0.272 e. The lowest BCUT2D eigenvalue weighted by molar-refractivity contribution is -0.107. The average Bonchev–Trinajstić information content (AvgIpc) is 3.09. The number of nitrogens with zero attached hydrogens (tertiary/aromatic N) is 3. The SMILES string of the molecule is NCc1cc(Cl)cc(N(N)C=O)c1NC(=O)c1ccc(Br)n1-c1ncccc1Cl. The molecule has 0 radical (unpaired) electrons. The third-order valence-corrected chi connectivity index (χ3v) is 5.16. The summed E-state index contributed by atoms with van der Waals surface area (Å²) >= 11 is 15.7. The van der Waals surface area contributed by atoms with Gasteiger partial charge in [-0.3, -0.25) is 14.2 Å². The van der Waals surface area contributed by atoms with E-state index >= 15 is 0 Å². The van der Waals surface area contributed by atoms with Crippen molar-refractivity contribution in [1.29, 1.82) is 0 Å². The number of benzene rings is 1. The van der Waals surface area contributed by atoms with Crippen LogP contribution in [-0.2, 0) is 11.3 Å². The van der Waals surface area contributed by atoms with Crippen molar-refractivity contribution in [3.63, 3.8) is 0 Å². The number of aromatic nitrogens is 2. The summed E-state index contributed by atoms with van der Waals surface area (Å²) in [4.78, 5) is 28.5. The number of pyridine rings is 1. The molecular weight excluding hydrogens is 483 g/mol. The lowest BCUT2D eigenvalue weighted by Crippen LogP contribution is -2.31. The second-order valence-corrected chi connectivity index (χ2v) is 7.47. The van der Waals surface area contributed by atoms with E-state index < -0.39 is 5.91 Å². The Morgan fingerprint density at radius 3 is 2.72 bits per heavy atom. The van der Waals surface area contributed by atoms with Gasteiger partial charge in [0.15, 0.2) is 5.82 Å². The minimum absolute atomic E-state index is 0.0621. The van der Waals surface area contributed by atoms with Gasteiger partial charge in [0.25, 0.3) is 5.91 Å². The van der Waals surface area contributed by atoms with Gasteiger partial charge in [-0.25, -0.2) is 15.8 Å². The highest BCUT2D eigenvalue weighted by Gasteiger charge is 2.21. The summed E-state index contributed by atoms with van der Waals surface area (Å²) in [6.07, 6.45) is 1.96. The lowest BCUT2D eigenvalue weighted by Gasteiger charge is -2.20. The highest BCUT2D eigenvalue weighted by Crippen LogP contribution is 2.33. The first-order valence-corrected chi connectivity index (χ1v) is 9.73. The third kappa shape index (κ3) is 4.29. The molecule has 11 heteroatoms. The van der Waals surface area contributed by atoms with E-state index in [4.69, 9.17) is 34.8 Å². The van der Waals surface area contributed by atoms with Crippen LogP contribution in [0.25, 0.3) is 5.82 Å². The summed E-state index contributed by atoms with van der Waals surface area (Å²) in [7, 11) is 0. The van der Waals surface area contributed by atoms with Crippen molar-refractivity contribution in [3.05, 3.63) is 68.5 Å². The number of halogens is 3. The number of hydrogen-bond donors (Lipinski definition) is 3. The summed E-state index contributed by atoms with van der Waals surface area (Å²) < 4.78 is 2.13. The average molecular weight is 498 g/mol. The van der Waals surface area contributed by atoms with Crippen molar-refractivity contribution in [2.24, 2.45) is 11.6 Å². The normalized spacial score (nSPS) is 10.7. The summed E-state index contributed by atoms with van der Waals surface area (Å²) in [5.41, 5.74) is 7.02. The number of rotatable bonds is 6. The largest absolute Gasteiger partial charge is 0.326 e. The van der Waals surface area contributed by atoms with Crippen LogP contribution in [-0.4, -0.2) is 21.9 Å². The minimum atomic E-state index is -0.491. The number of amides is 2. The van der Waals surface area contributed by atoms with E-state index in [0.29, 0.717) is 32.4 Å². The van der Waals surface area contributed by atoms with Gasteiger partial charge in [0.1, 0.15) is 5.69 Å². The van der Waals surface area contributed by atoms with Gasteiger partial charge in [-0.05, 0) is 57.9 Å². The highest BCUT2D eigenvalue weighted by molar-refractivity contribution is 9.10. The maximum Gasteiger partial charge on any atom is 0.272 e. The first-order chi connectivity index (χ1) is 13.9. The second kappa shape index (κ2) is 8.93. The summed E-state index contributed by atoms with van der Waals surface area (Å²) in [5, 5.41) is 4.26.